The third kappa shape index (κ3) is 1.21. The Hall–Kier alpha value is -0.940. The van der Waals surface area contributed by atoms with Gasteiger partial charge in [-0.3, -0.25) is 4.40 Å². The molecule has 0 saturated carbocycles. The van der Waals surface area contributed by atoms with Crippen LogP contribution in [0.25, 0.3) is 4.96 Å². The number of hydrogen-bond acceptors (Lipinski definition) is 4. The molecule has 2 heterocycles. The second kappa shape index (κ2) is 3.20. The standard InChI is InChI=1S/C7H10N4S/c8-3-1-2-6-9-10-7-11(6)4-5-12-7/h4-5H,1-3,8H2. The Kier molecular flexibility index (Phi) is 2.05. The summed E-state index contributed by atoms with van der Waals surface area (Å²) in [5.41, 5.74) is 5.41. The third-order valence-corrected chi connectivity index (χ3v) is 2.47. The molecule has 0 fully saturated rings. The van der Waals surface area contributed by atoms with Crippen LogP contribution in [-0.4, -0.2) is 21.1 Å². The molecule has 0 aliphatic rings. The molecule has 2 aromatic heterocycles. The monoisotopic (exact) mass is 182 g/mol. The van der Waals surface area contributed by atoms with Crippen molar-refractivity contribution >= 4 is 16.3 Å². The van der Waals surface area contributed by atoms with Crippen molar-refractivity contribution in [2.75, 3.05) is 6.54 Å². The van der Waals surface area contributed by atoms with E-state index in [1.165, 1.54) is 0 Å². The van der Waals surface area contributed by atoms with E-state index in [1.54, 1.807) is 11.3 Å². The minimum absolute atomic E-state index is 0.707. The summed E-state index contributed by atoms with van der Waals surface area (Å²) in [7, 11) is 0. The first kappa shape index (κ1) is 7.70. The van der Waals surface area contributed by atoms with Crippen LogP contribution in [0.4, 0.5) is 0 Å². The highest BCUT2D eigenvalue weighted by atomic mass is 32.1. The lowest BCUT2D eigenvalue weighted by molar-refractivity contribution is 0.771. The lowest BCUT2D eigenvalue weighted by Crippen LogP contribution is -2.02. The first-order valence-corrected chi connectivity index (χ1v) is 4.77. The zero-order valence-electron chi connectivity index (χ0n) is 6.60. The predicted octanol–water partition coefficient (Wildman–Crippen LogP) is 0.682. The van der Waals surface area contributed by atoms with Crippen molar-refractivity contribution in [2.45, 2.75) is 12.8 Å². The van der Waals surface area contributed by atoms with Crippen LogP contribution in [0, 0.1) is 0 Å². The van der Waals surface area contributed by atoms with Gasteiger partial charge >= 0.3 is 0 Å². The second-order valence-corrected chi connectivity index (χ2v) is 3.44. The Balaban J connectivity index is 2.28. The second-order valence-electron chi connectivity index (χ2n) is 2.56. The maximum atomic E-state index is 5.41. The van der Waals surface area contributed by atoms with Gasteiger partial charge in [-0.25, -0.2) is 0 Å². The maximum Gasteiger partial charge on any atom is 0.216 e. The van der Waals surface area contributed by atoms with Gasteiger partial charge in [-0.15, -0.1) is 21.5 Å². The fourth-order valence-corrected chi connectivity index (χ4v) is 1.79. The molecule has 0 saturated heterocycles. The number of hydrogen-bond donors (Lipinski definition) is 1. The predicted molar refractivity (Wildman–Crippen MR) is 48.2 cm³/mol. The Morgan fingerprint density at radius 3 is 3.25 bits per heavy atom. The molecule has 0 unspecified atom stereocenters. The number of fused-ring (bicyclic) bond motifs is 1. The molecule has 0 spiro atoms. The average Bonchev–Trinajstić information content (AvgIpc) is 2.62. The number of aromatic nitrogens is 3. The quantitative estimate of drug-likeness (QED) is 0.759. The van der Waals surface area contributed by atoms with Crippen molar-refractivity contribution in [3.63, 3.8) is 0 Å². The largest absolute Gasteiger partial charge is 0.330 e. The van der Waals surface area contributed by atoms with E-state index in [0.29, 0.717) is 6.54 Å². The van der Waals surface area contributed by atoms with Gasteiger partial charge in [0, 0.05) is 18.0 Å². The first-order valence-electron chi connectivity index (χ1n) is 3.89. The SMILES string of the molecule is NCCCc1nnc2sccn12. The number of nitrogens with two attached hydrogens (primary N) is 1. The van der Waals surface area contributed by atoms with Crippen LogP contribution < -0.4 is 5.73 Å². The first-order chi connectivity index (χ1) is 5.92. The van der Waals surface area contributed by atoms with Crippen molar-refractivity contribution in [3.8, 4) is 0 Å². The molecule has 0 atom stereocenters. The Labute approximate surface area is 74.0 Å². The Morgan fingerprint density at radius 2 is 2.42 bits per heavy atom. The molecule has 0 radical (unpaired) electrons. The molecule has 64 valence electrons. The number of nitrogens with zero attached hydrogens (tertiary/aromatic N) is 3. The summed E-state index contributed by atoms with van der Waals surface area (Å²) in [6, 6.07) is 0. The summed E-state index contributed by atoms with van der Waals surface area (Å²) >= 11 is 1.60. The van der Waals surface area contributed by atoms with Gasteiger partial charge in [0.25, 0.3) is 0 Å². The topological polar surface area (TPSA) is 56.2 Å². The van der Waals surface area contributed by atoms with Crippen LogP contribution in [0.3, 0.4) is 0 Å². The van der Waals surface area contributed by atoms with Crippen molar-refractivity contribution in [1.82, 2.24) is 14.6 Å². The van der Waals surface area contributed by atoms with E-state index in [1.807, 2.05) is 16.0 Å². The zero-order valence-corrected chi connectivity index (χ0v) is 7.42. The molecule has 0 amide bonds. The zero-order chi connectivity index (χ0) is 8.39. The van der Waals surface area contributed by atoms with Crippen LogP contribution in [-0.2, 0) is 6.42 Å². The molecular weight excluding hydrogens is 172 g/mol. The highest BCUT2D eigenvalue weighted by Crippen LogP contribution is 2.10. The van der Waals surface area contributed by atoms with E-state index < -0.39 is 0 Å². The lowest BCUT2D eigenvalue weighted by Gasteiger charge is -1.93. The summed E-state index contributed by atoms with van der Waals surface area (Å²) in [6.07, 6.45) is 3.87. The van der Waals surface area contributed by atoms with Crippen molar-refractivity contribution in [3.05, 3.63) is 17.4 Å². The highest BCUT2D eigenvalue weighted by molar-refractivity contribution is 7.15. The molecule has 2 rings (SSSR count). The van der Waals surface area contributed by atoms with Gasteiger partial charge < -0.3 is 5.73 Å². The highest BCUT2D eigenvalue weighted by Gasteiger charge is 2.03. The fraction of sp³-hybridized carbons (Fsp3) is 0.429. The number of rotatable bonds is 3. The molecular formula is C7H10N4S. The Bertz CT molecular complexity index is 364. The fourth-order valence-electron chi connectivity index (χ4n) is 1.12. The summed E-state index contributed by atoms with van der Waals surface area (Å²) < 4.78 is 2.01. The summed E-state index contributed by atoms with van der Waals surface area (Å²) in [6.45, 7) is 0.707. The van der Waals surface area contributed by atoms with Gasteiger partial charge in [0.15, 0.2) is 0 Å². The molecule has 0 aliphatic heterocycles. The number of aryl methyl sites for hydroxylation is 1. The van der Waals surface area contributed by atoms with Gasteiger partial charge in [0.2, 0.25) is 4.96 Å². The molecule has 4 nitrogen and oxygen atoms in total. The molecule has 12 heavy (non-hydrogen) atoms. The van der Waals surface area contributed by atoms with E-state index in [4.69, 9.17) is 5.73 Å². The van der Waals surface area contributed by atoms with E-state index >= 15 is 0 Å². The summed E-state index contributed by atoms with van der Waals surface area (Å²) in [5.74, 6) is 1.01. The van der Waals surface area contributed by atoms with Gasteiger partial charge in [0.05, 0.1) is 0 Å². The van der Waals surface area contributed by atoms with Crippen LogP contribution in [0.1, 0.15) is 12.2 Å². The molecule has 2 N–H and O–H groups in total. The summed E-state index contributed by atoms with van der Waals surface area (Å²) in [4.78, 5) is 0.960. The van der Waals surface area contributed by atoms with E-state index in [2.05, 4.69) is 10.2 Å². The van der Waals surface area contributed by atoms with E-state index in [-0.39, 0.29) is 0 Å². The minimum atomic E-state index is 0.707. The van der Waals surface area contributed by atoms with Gasteiger partial charge in [-0.05, 0) is 13.0 Å². The minimum Gasteiger partial charge on any atom is -0.330 e. The van der Waals surface area contributed by atoms with Crippen LogP contribution in [0.5, 0.6) is 0 Å². The normalized spacial score (nSPS) is 11.1. The van der Waals surface area contributed by atoms with Crippen molar-refractivity contribution < 1.29 is 0 Å². The third-order valence-electron chi connectivity index (χ3n) is 1.72. The molecule has 2 aromatic rings. The molecule has 0 aromatic carbocycles. The van der Waals surface area contributed by atoms with Crippen molar-refractivity contribution in [2.24, 2.45) is 5.73 Å². The van der Waals surface area contributed by atoms with Crippen LogP contribution in [0.2, 0.25) is 0 Å². The van der Waals surface area contributed by atoms with Crippen LogP contribution in [0.15, 0.2) is 11.6 Å². The van der Waals surface area contributed by atoms with E-state index in [9.17, 15) is 0 Å². The maximum absolute atomic E-state index is 5.41. The number of thiazole rings is 1. The van der Waals surface area contributed by atoms with Gasteiger partial charge in [-0.2, -0.15) is 0 Å². The van der Waals surface area contributed by atoms with E-state index in [0.717, 1.165) is 23.6 Å². The molecule has 0 bridgehead atoms. The lowest BCUT2D eigenvalue weighted by atomic mass is 10.3. The van der Waals surface area contributed by atoms with Gasteiger partial charge in [-0.1, -0.05) is 0 Å². The smallest absolute Gasteiger partial charge is 0.216 e. The Morgan fingerprint density at radius 1 is 1.50 bits per heavy atom. The van der Waals surface area contributed by atoms with Crippen molar-refractivity contribution in [1.29, 1.82) is 0 Å². The van der Waals surface area contributed by atoms with Crippen LogP contribution >= 0.6 is 11.3 Å². The average molecular weight is 182 g/mol. The molecule has 5 heteroatoms. The van der Waals surface area contributed by atoms with Gasteiger partial charge in [0.1, 0.15) is 5.82 Å². The molecule has 0 aliphatic carbocycles. The summed E-state index contributed by atoms with van der Waals surface area (Å²) in [5, 5.41) is 10.1.